The maximum Gasteiger partial charge on any atom is 0.270 e. The van der Waals surface area contributed by atoms with Gasteiger partial charge in [-0.25, -0.2) is 0 Å². The molecule has 0 aliphatic heterocycles. The summed E-state index contributed by atoms with van der Waals surface area (Å²) in [5.74, 6) is -0.184. The maximum atomic E-state index is 12.3. The third-order valence-corrected chi connectivity index (χ3v) is 4.27. The van der Waals surface area contributed by atoms with E-state index in [1.54, 1.807) is 23.5 Å². The highest BCUT2D eigenvalue weighted by Gasteiger charge is 2.16. The number of aromatic nitrogens is 1. The first-order valence-electron chi connectivity index (χ1n) is 6.72. The summed E-state index contributed by atoms with van der Waals surface area (Å²) >= 11 is 6.51. The number of pyridine rings is 1. The molecule has 2 heterocycles. The molecule has 0 aliphatic rings. The largest absolute Gasteiger partial charge is 0.389 e. The number of thiocarbonyl (C=S) groups is 1. The fraction of sp³-hybridized carbons (Fsp3) is 0.267. The van der Waals surface area contributed by atoms with Crippen LogP contribution in [-0.4, -0.2) is 15.9 Å². The number of carbonyl (C=O) groups excluding carboxylic acids is 1. The fourth-order valence-electron chi connectivity index (χ4n) is 1.97. The number of nitrogens with one attached hydrogen (secondary N) is 1. The van der Waals surface area contributed by atoms with Crippen LogP contribution in [0.5, 0.6) is 0 Å². The second kappa shape index (κ2) is 7.28. The van der Waals surface area contributed by atoms with Crippen LogP contribution in [0.1, 0.15) is 46.7 Å². The zero-order valence-electron chi connectivity index (χ0n) is 11.7. The zero-order valence-corrected chi connectivity index (χ0v) is 13.3. The Morgan fingerprint density at radius 2 is 2.29 bits per heavy atom. The van der Waals surface area contributed by atoms with Crippen molar-refractivity contribution in [1.29, 1.82) is 0 Å². The van der Waals surface area contributed by atoms with Gasteiger partial charge in [0.2, 0.25) is 0 Å². The van der Waals surface area contributed by atoms with Crippen LogP contribution >= 0.6 is 23.6 Å². The summed E-state index contributed by atoms with van der Waals surface area (Å²) in [6, 6.07) is 7.41. The lowest BCUT2D eigenvalue weighted by Gasteiger charge is -2.16. The van der Waals surface area contributed by atoms with Gasteiger partial charge in [-0.05, 0) is 30.0 Å². The summed E-state index contributed by atoms with van der Waals surface area (Å²) < 4.78 is 0. The van der Waals surface area contributed by atoms with Crippen LogP contribution < -0.4 is 11.1 Å². The highest BCUT2D eigenvalue weighted by Crippen LogP contribution is 2.23. The summed E-state index contributed by atoms with van der Waals surface area (Å²) in [7, 11) is 0. The summed E-state index contributed by atoms with van der Waals surface area (Å²) in [6.07, 6.45) is 3.42. The number of rotatable bonds is 6. The molecular formula is C15H17N3OS2. The molecule has 2 rings (SSSR count). The monoisotopic (exact) mass is 319 g/mol. The number of nitrogens with zero attached hydrogens (tertiary/aromatic N) is 1. The first-order valence-corrected chi connectivity index (χ1v) is 8.00. The molecule has 2 aromatic rings. The van der Waals surface area contributed by atoms with Crippen molar-refractivity contribution in [3.8, 4) is 0 Å². The number of hydrogen-bond acceptors (Lipinski definition) is 4. The Labute approximate surface area is 133 Å². The standard InChI is InChI=1S/C15H17N3OS2/c1-2-4-11(13-5-3-8-21-13)18-15(19)12-7-6-10(9-17-12)14(16)20/h3,5-9,11H,2,4H2,1H3,(H2,16,20)(H,18,19). The Kier molecular flexibility index (Phi) is 5.41. The second-order valence-corrected chi connectivity index (χ2v) is 6.05. The van der Waals surface area contributed by atoms with E-state index in [1.807, 2.05) is 17.5 Å². The average Bonchev–Trinajstić information content (AvgIpc) is 3.01. The van der Waals surface area contributed by atoms with E-state index in [2.05, 4.69) is 17.2 Å². The van der Waals surface area contributed by atoms with Gasteiger partial charge in [-0.3, -0.25) is 9.78 Å². The van der Waals surface area contributed by atoms with Crippen LogP contribution in [-0.2, 0) is 0 Å². The van der Waals surface area contributed by atoms with Crippen molar-refractivity contribution < 1.29 is 4.79 Å². The third kappa shape index (κ3) is 4.09. The average molecular weight is 319 g/mol. The van der Waals surface area contributed by atoms with E-state index >= 15 is 0 Å². The molecular weight excluding hydrogens is 302 g/mol. The Morgan fingerprint density at radius 1 is 1.48 bits per heavy atom. The Morgan fingerprint density at radius 3 is 2.81 bits per heavy atom. The van der Waals surface area contributed by atoms with Crippen LogP contribution in [0.15, 0.2) is 35.8 Å². The molecule has 0 saturated carbocycles. The minimum absolute atomic E-state index is 0.0274. The number of thiophene rings is 1. The number of nitrogens with two attached hydrogens (primary N) is 1. The van der Waals surface area contributed by atoms with Crippen LogP contribution in [0.25, 0.3) is 0 Å². The molecule has 0 aliphatic carbocycles. The maximum absolute atomic E-state index is 12.3. The Hall–Kier alpha value is -1.79. The molecule has 0 aromatic carbocycles. The molecule has 0 radical (unpaired) electrons. The molecule has 1 unspecified atom stereocenters. The van der Waals surface area contributed by atoms with Gasteiger partial charge in [0.1, 0.15) is 10.7 Å². The molecule has 6 heteroatoms. The zero-order chi connectivity index (χ0) is 15.2. The molecule has 4 nitrogen and oxygen atoms in total. The highest BCUT2D eigenvalue weighted by atomic mass is 32.1. The Balaban J connectivity index is 2.10. The van der Waals surface area contributed by atoms with Gasteiger partial charge in [-0.15, -0.1) is 11.3 Å². The second-order valence-electron chi connectivity index (χ2n) is 4.63. The van der Waals surface area contributed by atoms with E-state index in [1.165, 1.54) is 6.20 Å². The number of hydrogen-bond donors (Lipinski definition) is 2. The van der Waals surface area contributed by atoms with Crippen LogP contribution in [0, 0.1) is 0 Å². The molecule has 0 saturated heterocycles. The van der Waals surface area contributed by atoms with Gasteiger partial charge in [0.05, 0.1) is 6.04 Å². The van der Waals surface area contributed by atoms with Gasteiger partial charge >= 0.3 is 0 Å². The molecule has 3 N–H and O–H groups in total. The first-order chi connectivity index (χ1) is 10.1. The van der Waals surface area contributed by atoms with Crippen molar-refractivity contribution in [2.45, 2.75) is 25.8 Å². The lowest BCUT2D eigenvalue weighted by atomic mass is 10.1. The topological polar surface area (TPSA) is 68.0 Å². The fourth-order valence-corrected chi connectivity index (χ4v) is 2.90. The predicted molar refractivity (Wildman–Crippen MR) is 89.6 cm³/mol. The van der Waals surface area contributed by atoms with E-state index in [4.69, 9.17) is 18.0 Å². The van der Waals surface area contributed by atoms with Gasteiger partial charge < -0.3 is 11.1 Å². The van der Waals surface area contributed by atoms with Crippen LogP contribution in [0.4, 0.5) is 0 Å². The lowest BCUT2D eigenvalue weighted by Crippen LogP contribution is -2.28. The van der Waals surface area contributed by atoms with Gasteiger partial charge in [0.25, 0.3) is 5.91 Å². The SMILES string of the molecule is CCCC(NC(=O)c1ccc(C(N)=S)cn1)c1cccs1. The van der Waals surface area contributed by atoms with Gasteiger partial charge in [0.15, 0.2) is 0 Å². The smallest absolute Gasteiger partial charge is 0.270 e. The number of carbonyl (C=O) groups is 1. The highest BCUT2D eigenvalue weighted by molar-refractivity contribution is 7.80. The minimum Gasteiger partial charge on any atom is -0.389 e. The normalized spacial score (nSPS) is 11.9. The van der Waals surface area contributed by atoms with Crippen molar-refractivity contribution >= 4 is 34.5 Å². The van der Waals surface area contributed by atoms with Crippen molar-refractivity contribution in [2.75, 3.05) is 0 Å². The van der Waals surface area contributed by atoms with Crippen molar-refractivity contribution in [3.05, 3.63) is 52.0 Å². The van der Waals surface area contributed by atoms with E-state index in [9.17, 15) is 4.79 Å². The minimum atomic E-state index is -0.184. The van der Waals surface area contributed by atoms with Crippen LogP contribution in [0.3, 0.4) is 0 Å². The molecule has 0 fully saturated rings. The van der Waals surface area contributed by atoms with E-state index in [0.29, 0.717) is 11.3 Å². The molecule has 0 spiro atoms. The molecule has 2 aromatic heterocycles. The van der Waals surface area contributed by atoms with Gasteiger partial charge in [-0.1, -0.05) is 31.6 Å². The summed E-state index contributed by atoms with van der Waals surface area (Å²) in [6.45, 7) is 2.10. The summed E-state index contributed by atoms with van der Waals surface area (Å²) in [5, 5.41) is 5.04. The molecule has 110 valence electrons. The number of amides is 1. The third-order valence-electron chi connectivity index (χ3n) is 3.05. The van der Waals surface area contributed by atoms with Crippen molar-refractivity contribution in [3.63, 3.8) is 0 Å². The quantitative estimate of drug-likeness (QED) is 0.803. The summed E-state index contributed by atoms with van der Waals surface area (Å²) in [5.41, 5.74) is 6.54. The molecule has 1 amide bonds. The van der Waals surface area contributed by atoms with E-state index < -0.39 is 0 Å². The molecule has 0 bridgehead atoms. The summed E-state index contributed by atoms with van der Waals surface area (Å²) in [4.78, 5) is 17.8. The van der Waals surface area contributed by atoms with Crippen LogP contribution in [0.2, 0.25) is 0 Å². The van der Waals surface area contributed by atoms with Gasteiger partial charge in [-0.2, -0.15) is 0 Å². The molecule has 21 heavy (non-hydrogen) atoms. The van der Waals surface area contributed by atoms with Crippen molar-refractivity contribution in [2.24, 2.45) is 5.73 Å². The van der Waals surface area contributed by atoms with E-state index in [0.717, 1.165) is 17.7 Å². The first kappa shape index (κ1) is 15.6. The van der Waals surface area contributed by atoms with E-state index in [-0.39, 0.29) is 16.9 Å². The van der Waals surface area contributed by atoms with Gasteiger partial charge in [0, 0.05) is 16.6 Å². The predicted octanol–water partition coefficient (Wildman–Crippen LogP) is 3.05. The van der Waals surface area contributed by atoms with Crippen molar-refractivity contribution in [1.82, 2.24) is 10.3 Å². The lowest BCUT2D eigenvalue weighted by molar-refractivity contribution is 0.0930. The Bertz CT molecular complexity index is 608. The molecule has 1 atom stereocenters.